The van der Waals surface area contributed by atoms with Crippen molar-refractivity contribution in [3.05, 3.63) is 53.9 Å². The highest BCUT2D eigenvalue weighted by atomic mass is 35.5. The minimum absolute atomic E-state index is 0. The fourth-order valence-electron chi connectivity index (χ4n) is 3.29. The molecule has 138 valence electrons. The normalized spacial score (nSPS) is 12.8. The Hall–Kier alpha value is -2.24. The molecule has 4 rings (SSSR count). The van der Waals surface area contributed by atoms with Crippen LogP contribution in [0.3, 0.4) is 0 Å². The van der Waals surface area contributed by atoms with E-state index in [1.807, 2.05) is 47.4 Å². The summed E-state index contributed by atoms with van der Waals surface area (Å²) in [4.78, 5) is 19.0. The first kappa shape index (κ1) is 20.1. The van der Waals surface area contributed by atoms with E-state index in [0.29, 0.717) is 18.7 Å². The fourth-order valence-corrected chi connectivity index (χ4v) is 3.29. The van der Waals surface area contributed by atoms with Crippen molar-refractivity contribution in [2.45, 2.75) is 25.7 Å². The van der Waals surface area contributed by atoms with Crippen LogP contribution in [0, 0.1) is 0 Å². The summed E-state index contributed by atoms with van der Waals surface area (Å²) in [5.74, 6) is 0.693. The van der Waals surface area contributed by atoms with E-state index >= 15 is 0 Å². The Balaban J connectivity index is 0.00000121. The SMILES string of the molecule is Cl.Cl.Nc1cccc2c1CCCN2C(=O)CCc1nc2ccccc2o1. The Morgan fingerprint density at radius 1 is 1.15 bits per heavy atom. The predicted octanol–water partition coefficient (Wildman–Crippen LogP) is 4.17. The summed E-state index contributed by atoms with van der Waals surface area (Å²) in [5.41, 5.74) is 10.4. The van der Waals surface area contributed by atoms with Gasteiger partial charge in [-0.25, -0.2) is 4.98 Å². The first-order chi connectivity index (χ1) is 11.7. The zero-order chi connectivity index (χ0) is 16.5. The summed E-state index contributed by atoms with van der Waals surface area (Å²) in [5, 5.41) is 0. The lowest BCUT2D eigenvalue weighted by Crippen LogP contribution is -2.35. The van der Waals surface area contributed by atoms with Crippen molar-refractivity contribution in [3.8, 4) is 0 Å². The van der Waals surface area contributed by atoms with E-state index in [0.717, 1.165) is 47.4 Å². The lowest BCUT2D eigenvalue weighted by Gasteiger charge is -2.30. The number of aryl methyl sites for hydroxylation is 1. The van der Waals surface area contributed by atoms with Crippen molar-refractivity contribution in [2.24, 2.45) is 0 Å². The van der Waals surface area contributed by atoms with Crippen LogP contribution in [0.15, 0.2) is 46.9 Å². The summed E-state index contributed by atoms with van der Waals surface area (Å²) >= 11 is 0. The van der Waals surface area contributed by atoms with E-state index in [2.05, 4.69) is 4.98 Å². The number of rotatable bonds is 3. The van der Waals surface area contributed by atoms with Gasteiger partial charge in [-0.1, -0.05) is 18.2 Å². The molecule has 5 nitrogen and oxygen atoms in total. The number of hydrogen-bond acceptors (Lipinski definition) is 4. The van der Waals surface area contributed by atoms with Gasteiger partial charge in [0.1, 0.15) is 5.52 Å². The third-order valence-corrected chi connectivity index (χ3v) is 4.48. The van der Waals surface area contributed by atoms with Crippen molar-refractivity contribution in [3.63, 3.8) is 0 Å². The molecule has 0 saturated carbocycles. The van der Waals surface area contributed by atoms with E-state index in [1.54, 1.807) is 0 Å². The number of benzene rings is 2. The van der Waals surface area contributed by atoms with Crippen LogP contribution in [0.4, 0.5) is 11.4 Å². The van der Waals surface area contributed by atoms with Crippen molar-refractivity contribution in [1.82, 2.24) is 4.98 Å². The van der Waals surface area contributed by atoms with Crippen LogP contribution < -0.4 is 10.6 Å². The second kappa shape index (κ2) is 8.43. The molecule has 0 radical (unpaired) electrons. The number of carbonyl (C=O) groups excluding carboxylic acids is 1. The van der Waals surface area contributed by atoms with Gasteiger partial charge in [0.2, 0.25) is 5.91 Å². The average molecular weight is 394 g/mol. The van der Waals surface area contributed by atoms with Gasteiger partial charge >= 0.3 is 0 Å². The Morgan fingerprint density at radius 2 is 1.96 bits per heavy atom. The van der Waals surface area contributed by atoms with E-state index in [1.165, 1.54) is 0 Å². The molecule has 0 aliphatic carbocycles. The van der Waals surface area contributed by atoms with E-state index in [4.69, 9.17) is 10.2 Å². The molecule has 1 aliphatic rings. The number of nitrogens with zero attached hydrogens (tertiary/aromatic N) is 2. The molecule has 0 unspecified atom stereocenters. The number of amides is 1. The van der Waals surface area contributed by atoms with Gasteiger partial charge in [0.25, 0.3) is 0 Å². The molecule has 2 aromatic carbocycles. The Labute approximate surface area is 164 Å². The second-order valence-corrected chi connectivity index (χ2v) is 6.07. The van der Waals surface area contributed by atoms with Crippen molar-refractivity contribution < 1.29 is 9.21 Å². The second-order valence-electron chi connectivity index (χ2n) is 6.07. The number of nitrogens with two attached hydrogens (primary N) is 1. The van der Waals surface area contributed by atoms with Crippen LogP contribution in [-0.2, 0) is 17.6 Å². The minimum Gasteiger partial charge on any atom is -0.441 e. The van der Waals surface area contributed by atoms with Gasteiger partial charge in [0, 0.05) is 30.8 Å². The number of carbonyl (C=O) groups is 1. The van der Waals surface area contributed by atoms with Crippen LogP contribution in [0.25, 0.3) is 11.1 Å². The number of halogens is 2. The molecule has 0 atom stereocenters. The molecule has 7 heteroatoms. The average Bonchev–Trinajstić information content (AvgIpc) is 3.02. The third kappa shape index (κ3) is 3.79. The lowest BCUT2D eigenvalue weighted by molar-refractivity contribution is -0.118. The molecule has 0 bridgehead atoms. The number of hydrogen-bond donors (Lipinski definition) is 1. The highest BCUT2D eigenvalue weighted by molar-refractivity contribution is 5.95. The first-order valence-corrected chi connectivity index (χ1v) is 8.24. The van der Waals surface area contributed by atoms with Gasteiger partial charge in [-0.05, 0) is 42.7 Å². The summed E-state index contributed by atoms with van der Waals surface area (Å²) in [6.07, 6.45) is 2.75. The molecule has 1 amide bonds. The molecular formula is C19H21Cl2N3O2. The van der Waals surface area contributed by atoms with Crippen LogP contribution in [-0.4, -0.2) is 17.4 Å². The Bertz CT molecular complexity index is 878. The molecule has 26 heavy (non-hydrogen) atoms. The highest BCUT2D eigenvalue weighted by Crippen LogP contribution is 2.31. The molecule has 2 heterocycles. The number of para-hydroxylation sites is 2. The van der Waals surface area contributed by atoms with Crippen LogP contribution in [0.1, 0.15) is 24.3 Å². The highest BCUT2D eigenvalue weighted by Gasteiger charge is 2.23. The van der Waals surface area contributed by atoms with E-state index in [9.17, 15) is 4.79 Å². The van der Waals surface area contributed by atoms with Gasteiger partial charge in [-0.15, -0.1) is 24.8 Å². The smallest absolute Gasteiger partial charge is 0.227 e. The summed E-state index contributed by atoms with van der Waals surface area (Å²) in [7, 11) is 0. The number of fused-ring (bicyclic) bond motifs is 2. The summed E-state index contributed by atoms with van der Waals surface area (Å²) in [6.45, 7) is 0.739. The largest absolute Gasteiger partial charge is 0.441 e. The number of nitrogen functional groups attached to an aromatic ring is 1. The molecular weight excluding hydrogens is 373 g/mol. The van der Waals surface area contributed by atoms with Crippen molar-refractivity contribution >= 4 is 53.2 Å². The maximum absolute atomic E-state index is 12.7. The van der Waals surface area contributed by atoms with Crippen molar-refractivity contribution in [2.75, 3.05) is 17.2 Å². The molecule has 3 aromatic rings. The molecule has 2 N–H and O–H groups in total. The van der Waals surface area contributed by atoms with Gasteiger partial charge in [-0.3, -0.25) is 4.79 Å². The topological polar surface area (TPSA) is 72.4 Å². The minimum atomic E-state index is 0. The van der Waals surface area contributed by atoms with Gasteiger partial charge in [-0.2, -0.15) is 0 Å². The molecule has 0 fully saturated rings. The zero-order valence-electron chi connectivity index (χ0n) is 14.2. The molecule has 0 spiro atoms. The maximum Gasteiger partial charge on any atom is 0.227 e. The fraction of sp³-hybridized carbons (Fsp3) is 0.263. The monoisotopic (exact) mass is 393 g/mol. The quantitative estimate of drug-likeness (QED) is 0.677. The Morgan fingerprint density at radius 3 is 2.77 bits per heavy atom. The molecule has 0 saturated heterocycles. The standard InChI is InChI=1S/C19H19N3O2.2ClH/c20-14-6-3-8-16-13(14)5-4-12-22(16)19(23)11-10-18-21-15-7-1-2-9-17(15)24-18;;/h1-3,6-9H,4-5,10-12,20H2;2*1H. The molecule has 1 aromatic heterocycles. The molecule has 1 aliphatic heterocycles. The number of oxazole rings is 1. The van der Waals surface area contributed by atoms with Crippen LogP contribution in [0.2, 0.25) is 0 Å². The predicted molar refractivity (Wildman–Crippen MR) is 108 cm³/mol. The van der Waals surface area contributed by atoms with Gasteiger partial charge in [0.05, 0.1) is 0 Å². The van der Waals surface area contributed by atoms with Gasteiger partial charge in [0.15, 0.2) is 11.5 Å². The zero-order valence-corrected chi connectivity index (χ0v) is 15.8. The van der Waals surface area contributed by atoms with Crippen LogP contribution >= 0.6 is 24.8 Å². The number of aromatic nitrogens is 1. The van der Waals surface area contributed by atoms with Crippen LogP contribution in [0.5, 0.6) is 0 Å². The maximum atomic E-state index is 12.7. The summed E-state index contributed by atoms with van der Waals surface area (Å²) < 4.78 is 5.69. The first-order valence-electron chi connectivity index (χ1n) is 8.24. The van der Waals surface area contributed by atoms with Gasteiger partial charge < -0.3 is 15.1 Å². The summed E-state index contributed by atoms with van der Waals surface area (Å²) in [6, 6.07) is 13.4. The third-order valence-electron chi connectivity index (χ3n) is 4.48. The van der Waals surface area contributed by atoms with Crippen molar-refractivity contribution in [1.29, 1.82) is 0 Å². The Kier molecular flexibility index (Phi) is 6.51. The van der Waals surface area contributed by atoms with E-state index < -0.39 is 0 Å². The lowest BCUT2D eigenvalue weighted by atomic mass is 9.99. The van der Waals surface area contributed by atoms with E-state index in [-0.39, 0.29) is 30.7 Å². The number of anilines is 2.